The molecule has 0 amide bonds. The zero-order valence-electron chi connectivity index (χ0n) is 15.8. The number of piperidine rings is 1. The molecule has 28 heavy (non-hydrogen) atoms. The molecule has 0 saturated carbocycles. The maximum absolute atomic E-state index is 13.3. The number of nitrogens with zero attached hydrogens (tertiary/aromatic N) is 2. The van der Waals surface area contributed by atoms with Crippen LogP contribution in [0, 0.1) is 5.92 Å². The summed E-state index contributed by atoms with van der Waals surface area (Å²) in [7, 11) is -1.96. The Hall–Kier alpha value is -0.900. The maximum atomic E-state index is 13.3. The van der Waals surface area contributed by atoms with E-state index < -0.39 is 21.3 Å². The van der Waals surface area contributed by atoms with Crippen LogP contribution in [0.25, 0.3) is 0 Å². The molecule has 0 bridgehead atoms. The average molecular weight is 451 g/mol. The van der Waals surface area contributed by atoms with E-state index in [2.05, 4.69) is 0 Å². The van der Waals surface area contributed by atoms with Gasteiger partial charge in [-0.2, -0.15) is 5.06 Å². The number of rotatable bonds is 5. The van der Waals surface area contributed by atoms with Crippen LogP contribution in [0.2, 0.25) is 10.0 Å². The van der Waals surface area contributed by atoms with Crippen LogP contribution < -0.4 is 0 Å². The van der Waals surface area contributed by atoms with Crippen LogP contribution in [0.5, 0.6) is 0 Å². The highest BCUT2D eigenvalue weighted by Crippen LogP contribution is 2.39. The number of hydrogen-bond donors (Lipinski definition) is 0. The molecule has 0 N–H and O–H groups in total. The first-order valence-corrected chi connectivity index (χ1v) is 11.5. The van der Waals surface area contributed by atoms with E-state index in [0.717, 1.165) is 0 Å². The monoisotopic (exact) mass is 450 g/mol. The van der Waals surface area contributed by atoms with Crippen molar-refractivity contribution in [1.82, 2.24) is 9.37 Å². The molecule has 1 aromatic carbocycles. The molecule has 2 fully saturated rings. The van der Waals surface area contributed by atoms with Gasteiger partial charge >= 0.3 is 5.97 Å². The van der Waals surface area contributed by atoms with Gasteiger partial charge < -0.3 is 4.74 Å². The van der Waals surface area contributed by atoms with Crippen LogP contribution in [0.1, 0.15) is 31.4 Å². The lowest BCUT2D eigenvalue weighted by Gasteiger charge is -2.33. The standard InChI is InChI=1S/C18H24Cl2N2O5S/c1-3-26-18(23)12-6-8-22(9-7-12)28(24,25)16-11-27-21(2)17(16)14-5-4-13(19)10-15(14)20/h4-5,10,12,16-17H,3,6-9,11H2,1-2H3. The molecule has 2 heterocycles. The number of hydroxylamine groups is 2. The highest BCUT2D eigenvalue weighted by Gasteiger charge is 2.47. The number of esters is 1. The number of carbonyl (C=O) groups excluding carboxylic acids is 1. The molecule has 0 aromatic heterocycles. The van der Waals surface area contributed by atoms with Crippen LogP contribution in [0.15, 0.2) is 18.2 Å². The Morgan fingerprint density at radius 1 is 1.29 bits per heavy atom. The molecule has 156 valence electrons. The quantitative estimate of drug-likeness (QED) is 0.641. The predicted molar refractivity (Wildman–Crippen MR) is 107 cm³/mol. The second-order valence-electron chi connectivity index (χ2n) is 6.96. The first kappa shape index (κ1) is 21.8. The molecule has 7 nitrogen and oxygen atoms in total. The summed E-state index contributed by atoms with van der Waals surface area (Å²) in [5, 5.41) is 1.62. The molecule has 2 unspecified atom stereocenters. The molecule has 2 aliphatic heterocycles. The number of hydrogen-bond acceptors (Lipinski definition) is 6. The van der Waals surface area contributed by atoms with Crippen molar-refractivity contribution in [2.45, 2.75) is 31.1 Å². The molecule has 0 spiro atoms. The summed E-state index contributed by atoms with van der Waals surface area (Å²) in [5.74, 6) is -0.510. The fourth-order valence-electron chi connectivity index (χ4n) is 3.78. The fraction of sp³-hybridized carbons (Fsp3) is 0.611. The van der Waals surface area contributed by atoms with E-state index in [9.17, 15) is 13.2 Å². The Bertz CT molecular complexity index is 827. The van der Waals surface area contributed by atoms with Gasteiger partial charge in [-0.3, -0.25) is 9.63 Å². The molecular formula is C18H24Cl2N2O5S. The molecule has 0 radical (unpaired) electrons. The summed E-state index contributed by atoms with van der Waals surface area (Å²) in [6.07, 6.45) is 0.904. The van der Waals surface area contributed by atoms with E-state index in [1.165, 1.54) is 9.37 Å². The molecule has 0 aliphatic carbocycles. The lowest BCUT2D eigenvalue weighted by Crippen LogP contribution is -2.47. The summed E-state index contributed by atoms with van der Waals surface area (Å²) in [5.41, 5.74) is 0.654. The van der Waals surface area contributed by atoms with Gasteiger partial charge in [0.15, 0.2) is 0 Å². The Morgan fingerprint density at radius 3 is 2.57 bits per heavy atom. The van der Waals surface area contributed by atoms with E-state index in [-0.39, 0.29) is 31.6 Å². The van der Waals surface area contributed by atoms with Crippen molar-refractivity contribution in [3.63, 3.8) is 0 Å². The van der Waals surface area contributed by atoms with Crippen LogP contribution in [0.4, 0.5) is 0 Å². The highest BCUT2D eigenvalue weighted by atomic mass is 35.5. The second-order valence-corrected chi connectivity index (χ2v) is 9.96. The van der Waals surface area contributed by atoms with Gasteiger partial charge in [0.05, 0.1) is 25.2 Å². The minimum absolute atomic E-state index is 0.0419. The average Bonchev–Trinajstić information content (AvgIpc) is 3.04. The Kier molecular flexibility index (Phi) is 6.89. The topological polar surface area (TPSA) is 76.1 Å². The van der Waals surface area contributed by atoms with Crippen LogP contribution in [0.3, 0.4) is 0 Å². The van der Waals surface area contributed by atoms with Gasteiger partial charge in [-0.1, -0.05) is 29.3 Å². The first-order chi connectivity index (χ1) is 13.3. The van der Waals surface area contributed by atoms with E-state index in [4.69, 9.17) is 32.8 Å². The van der Waals surface area contributed by atoms with Crippen molar-refractivity contribution < 1.29 is 22.8 Å². The molecule has 2 atom stereocenters. The largest absolute Gasteiger partial charge is 0.466 e. The summed E-state index contributed by atoms with van der Waals surface area (Å²) < 4.78 is 33.2. The second kappa shape index (κ2) is 8.85. The number of sulfonamides is 1. The Morgan fingerprint density at radius 2 is 1.96 bits per heavy atom. The van der Waals surface area contributed by atoms with Gasteiger partial charge in [0.25, 0.3) is 0 Å². The highest BCUT2D eigenvalue weighted by molar-refractivity contribution is 7.89. The van der Waals surface area contributed by atoms with Gasteiger partial charge in [0.1, 0.15) is 5.25 Å². The van der Waals surface area contributed by atoms with E-state index in [1.807, 2.05) is 0 Å². The zero-order chi connectivity index (χ0) is 20.5. The third-order valence-corrected chi connectivity index (χ3v) is 8.09. The van der Waals surface area contributed by atoms with E-state index >= 15 is 0 Å². The SMILES string of the molecule is CCOC(=O)C1CCN(S(=O)(=O)C2CON(C)C2c2ccc(Cl)cc2Cl)CC1. The summed E-state index contributed by atoms with van der Waals surface area (Å²) in [4.78, 5) is 17.5. The van der Waals surface area contributed by atoms with Crippen molar-refractivity contribution in [3.8, 4) is 0 Å². The molecular weight excluding hydrogens is 427 g/mol. The maximum Gasteiger partial charge on any atom is 0.309 e. The van der Waals surface area contributed by atoms with Crippen LogP contribution >= 0.6 is 23.2 Å². The van der Waals surface area contributed by atoms with Crippen molar-refractivity contribution >= 4 is 39.2 Å². The summed E-state index contributed by atoms with van der Waals surface area (Å²) >= 11 is 12.3. The normalized spacial score (nSPS) is 25.1. The summed E-state index contributed by atoms with van der Waals surface area (Å²) in [6.45, 7) is 2.70. The number of ether oxygens (including phenoxy) is 1. The first-order valence-electron chi connectivity index (χ1n) is 9.22. The van der Waals surface area contributed by atoms with E-state index in [1.54, 1.807) is 32.2 Å². The molecule has 2 aliphatic rings. The fourth-order valence-corrected chi connectivity index (χ4v) is 6.28. The number of halogens is 2. The van der Waals surface area contributed by atoms with Gasteiger partial charge in [-0.05, 0) is 37.5 Å². The van der Waals surface area contributed by atoms with Gasteiger partial charge in [0.2, 0.25) is 10.0 Å². The zero-order valence-corrected chi connectivity index (χ0v) is 18.1. The smallest absolute Gasteiger partial charge is 0.309 e. The third-order valence-electron chi connectivity index (χ3n) is 5.28. The van der Waals surface area contributed by atoms with Crippen molar-refractivity contribution in [3.05, 3.63) is 33.8 Å². The minimum Gasteiger partial charge on any atom is -0.466 e. The van der Waals surface area contributed by atoms with E-state index in [0.29, 0.717) is 35.1 Å². The number of benzene rings is 1. The third kappa shape index (κ3) is 4.32. The van der Waals surface area contributed by atoms with Gasteiger partial charge in [0, 0.05) is 30.2 Å². The summed E-state index contributed by atoms with van der Waals surface area (Å²) in [6, 6.07) is 4.47. The van der Waals surface area contributed by atoms with Crippen LogP contribution in [-0.4, -0.2) is 62.4 Å². The Labute approximate surface area is 175 Å². The lowest BCUT2D eigenvalue weighted by molar-refractivity contribution is -0.149. The minimum atomic E-state index is -3.66. The van der Waals surface area contributed by atoms with Crippen molar-refractivity contribution in [2.75, 3.05) is 33.4 Å². The van der Waals surface area contributed by atoms with Crippen molar-refractivity contribution in [1.29, 1.82) is 0 Å². The molecule has 1 aromatic rings. The van der Waals surface area contributed by atoms with Crippen molar-refractivity contribution in [2.24, 2.45) is 5.92 Å². The Balaban J connectivity index is 1.78. The molecule has 3 rings (SSSR count). The predicted octanol–water partition coefficient (Wildman–Crippen LogP) is 2.89. The molecule has 10 heteroatoms. The number of carbonyl (C=O) groups is 1. The van der Waals surface area contributed by atoms with Crippen LogP contribution in [-0.2, 0) is 24.4 Å². The van der Waals surface area contributed by atoms with Gasteiger partial charge in [-0.25, -0.2) is 12.7 Å². The lowest BCUT2D eigenvalue weighted by atomic mass is 9.98. The molecule has 2 saturated heterocycles. The van der Waals surface area contributed by atoms with Gasteiger partial charge in [-0.15, -0.1) is 0 Å².